The molecule has 2 aromatic heterocycles. The summed E-state index contributed by atoms with van der Waals surface area (Å²) < 4.78 is 9.14. The van der Waals surface area contributed by atoms with Gasteiger partial charge in [0.25, 0.3) is 0 Å². The van der Waals surface area contributed by atoms with Crippen LogP contribution in [-0.4, -0.2) is 16.6 Å². The molecule has 4 bridgehead atoms. The molecule has 1 aliphatic heterocycles. The summed E-state index contributed by atoms with van der Waals surface area (Å²) >= 11 is 0. The van der Waals surface area contributed by atoms with Crippen LogP contribution < -0.4 is 14.5 Å². The van der Waals surface area contributed by atoms with Crippen molar-refractivity contribution in [1.29, 1.82) is 0 Å². The minimum Gasteiger partial charge on any atom is -0.509 e. The van der Waals surface area contributed by atoms with E-state index in [0.29, 0.717) is 23.3 Å². The van der Waals surface area contributed by atoms with E-state index >= 15 is 0 Å². The topological polar surface area (TPSA) is 33.5 Å². The van der Waals surface area contributed by atoms with Gasteiger partial charge in [0.2, 0.25) is 0 Å². The zero-order valence-electron chi connectivity index (χ0n) is 35.8. The molecule has 0 N–H and O–H groups in total. The van der Waals surface area contributed by atoms with E-state index in [4.69, 9.17) is 9.72 Å². The Morgan fingerprint density at radius 3 is 2.12 bits per heavy atom. The third kappa shape index (κ3) is 6.08. The number of hydrogen-bond donors (Lipinski definition) is 0. The van der Waals surface area contributed by atoms with Gasteiger partial charge < -0.3 is 19.1 Å². The molecular formula is C54H53N4OPt-3. The maximum atomic E-state index is 6.81. The van der Waals surface area contributed by atoms with Crippen molar-refractivity contribution in [3.8, 4) is 17.3 Å². The van der Waals surface area contributed by atoms with Gasteiger partial charge in [0, 0.05) is 61.1 Å². The SMILES string of the molecule is Cc1cc(C2(c3ccnc(-n4c5[c-]c(Oc6[c-]c(N7[CH-]N(C)c8ccccc87)cc(C(C)(C)C)c6)ccc5c5ccccc54)c3)C3CC4CC(C3)CC2C4)cc(C)c1C.[Pt]. The van der Waals surface area contributed by atoms with E-state index < -0.39 is 0 Å². The Kier molecular flexibility index (Phi) is 9.41. The first kappa shape index (κ1) is 39.3. The Morgan fingerprint density at radius 2 is 1.40 bits per heavy atom. The number of fused-ring (bicyclic) bond motifs is 4. The molecule has 4 aliphatic carbocycles. The van der Waals surface area contributed by atoms with Crippen molar-refractivity contribution in [2.75, 3.05) is 16.8 Å². The fraction of sp³-hybridized carbons (Fsp3) is 0.333. The Morgan fingerprint density at radius 1 is 0.717 bits per heavy atom. The van der Waals surface area contributed by atoms with Crippen LogP contribution >= 0.6 is 0 Å². The molecule has 7 aromatic rings. The Labute approximate surface area is 370 Å². The average molecular weight is 969 g/mol. The van der Waals surface area contributed by atoms with Crippen LogP contribution in [0.4, 0.5) is 17.1 Å². The smallest absolute Gasteiger partial charge is 0.135 e. The quantitative estimate of drug-likeness (QED) is 0.156. The summed E-state index contributed by atoms with van der Waals surface area (Å²) in [4.78, 5) is 9.55. The average Bonchev–Trinajstić information content (AvgIpc) is 3.73. The summed E-state index contributed by atoms with van der Waals surface area (Å²) in [5, 5.41) is 2.32. The molecule has 5 nitrogen and oxygen atoms in total. The van der Waals surface area contributed by atoms with E-state index in [1.54, 1.807) is 0 Å². The zero-order valence-corrected chi connectivity index (χ0v) is 38.0. The number of aromatic nitrogens is 2. The molecule has 0 unspecified atom stereocenters. The Balaban J connectivity index is 0.00000433. The van der Waals surface area contributed by atoms with Crippen LogP contribution in [0.15, 0.2) is 103 Å². The first-order valence-corrected chi connectivity index (χ1v) is 21.7. The number of nitrogens with zero attached hydrogens (tertiary/aromatic N) is 4. The number of rotatable bonds is 6. The van der Waals surface area contributed by atoms with E-state index in [2.05, 4.69) is 185 Å². The van der Waals surface area contributed by atoms with Crippen molar-refractivity contribution < 1.29 is 25.8 Å². The van der Waals surface area contributed by atoms with Crippen molar-refractivity contribution in [2.45, 2.75) is 84.5 Å². The predicted octanol–water partition coefficient (Wildman–Crippen LogP) is 13.2. The van der Waals surface area contributed by atoms with Crippen LogP contribution in [0.2, 0.25) is 0 Å². The van der Waals surface area contributed by atoms with Crippen LogP contribution in [0.1, 0.15) is 86.3 Å². The molecule has 0 atom stereocenters. The molecular weight excluding hydrogens is 916 g/mol. The van der Waals surface area contributed by atoms with E-state index in [1.807, 2.05) is 0 Å². The molecule has 5 aromatic carbocycles. The van der Waals surface area contributed by atoms with Crippen LogP contribution in [0.3, 0.4) is 0 Å². The largest absolute Gasteiger partial charge is 0.509 e. The standard InChI is InChI=1S/C54H53N4O.Pt/c1-33-20-40(21-34(2)35(33)3)54(41-23-36-22-37(25-41)26-42(54)24-36)38-18-19-55-52(29-38)58-48-13-9-8-12-46(48)47-17-16-44(31-51(47)58)59-45-28-39(53(4,5)6)27-43(30-45)57-32-56(7)49-14-10-11-15-50(49)57;/h8-21,27-29,32,36-37,41-42H,22-26H2,1-7H3;/q-3;. The summed E-state index contributed by atoms with van der Waals surface area (Å²) in [6.07, 6.45) is 8.82. The number of pyridine rings is 1. The van der Waals surface area contributed by atoms with Gasteiger partial charge in [-0.25, -0.2) is 4.98 Å². The molecule has 6 heteroatoms. The molecule has 12 rings (SSSR count). The third-order valence-electron chi connectivity index (χ3n) is 14.8. The van der Waals surface area contributed by atoms with Crippen LogP contribution in [0, 0.1) is 63.2 Å². The fourth-order valence-corrected chi connectivity index (χ4v) is 12.0. The summed E-state index contributed by atoms with van der Waals surface area (Å²) in [5.41, 5.74) is 13.5. The van der Waals surface area contributed by atoms with Gasteiger partial charge in [0.1, 0.15) is 5.82 Å². The van der Waals surface area contributed by atoms with E-state index in [9.17, 15) is 0 Å². The van der Waals surface area contributed by atoms with E-state index in [0.717, 1.165) is 51.1 Å². The summed E-state index contributed by atoms with van der Waals surface area (Å²) in [6.45, 7) is 15.8. The molecule has 0 radical (unpaired) electrons. The van der Waals surface area contributed by atoms with Crippen molar-refractivity contribution in [2.24, 2.45) is 23.7 Å². The number of hydrogen-bond acceptors (Lipinski definition) is 4. The molecule has 0 amide bonds. The van der Waals surface area contributed by atoms with Crippen molar-refractivity contribution in [3.05, 3.63) is 155 Å². The second-order valence-electron chi connectivity index (χ2n) is 19.3. The third-order valence-corrected chi connectivity index (χ3v) is 14.8. The maximum Gasteiger partial charge on any atom is 0.135 e. The second kappa shape index (κ2) is 14.4. The monoisotopic (exact) mass is 968 g/mol. The molecule has 3 heterocycles. The molecule has 0 saturated heterocycles. The summed E-state index contributed by atoms with van der Waals surface area (Å²) in [6, 6.07) is 43.1. The van der Waals surface area contributed by atoms with Crippen molar-refractivity contribution >= 4 is 38.9 Å². The molecule has 4 fully saturated rings. The van der Waals surface area contributed by atoms with Crippen molar-refractivity contribution in [3.63, 3.8) is 0 Å². The fourth-order valence-electron chi connectivity index (χ4n) is 12.0. The molecule has 5 aliphatic rings. The minimum atomic E-state index is -0.103. The van der Waals surface area contributed by atoms with Gasteiger partial charge in [-0.2, -0.15) is 12.7 Å². The Bertz CT molecular complexity index is 2760. The van der Waals surface area contributed by atoms with Gasteiger partial charge in [-0.05, 0) is 153 Å². The number of para-hydroxylation sites is 3. The van der Waals surface area contributed by atoms with Gasteiger partial charge in [-0.15, -0.1) is 47.0 Å². The predicted molar refractivity (Wildman–Crippen MR) is 241 cm³/mol. The van der Waals surface area contributed by atoms with Gasteiger partial charge in [0.05, 0.1) is 0 Å². The molecule has 60 heavy (non-hydrogen) atoms. The normalized spacial score (nSPS) is 23.1. The summed E-state index contributed by atoms with van der Waals surface area (Å²) in [5.74, 6) is 5.26. The number of ether oxygens (including phenoxy) is 1. The first-order valence-electron chi connectivity index (χ1n) is 21.7. The molecule has 308 valence electrons. The Hall–Kier alpha value is -4.86. The van der Waals surface area contributed by atoms with E-state index in [-0.39, 0.29) is 31.9 Å². The molecule has 4 saturated carbocycles. The van der Waals surface area contributed by atoms with E-state index in [1.165, 1.54) is 70.9 Å². The van der Waals surface area contributed by atoms with Gasteiger partial charge in [-0.3, -0.25) is 0 Å². The zero-order chi connectivity index (χ0) is 40.4. The van der Waals surface area contributed by atoms with Crippen LogP contribution in [-0.2, 0) is 31.9 Å². The number of anilines is 3. The van der Waals surface area contributed by atoms with Crippen LogP contribution in [0.25, 0.3) is 27.6 Å². The summed E-state index contributed by atoms with van der Waals surface area (Å²) in [7, 11) is 2.09. The van der Waals surface area contributed by atoms with Gasteiger partial charge >= 0.3 is 0 Å². The molecule has 0 spiro atoms. The number of aryl methyl sites for hydroxylation is 2. The first-order chi connectivity index (χ1) is 28.4. The maximum absolute atomic E-state index is 6.81. The van der Waals surface area contributed by atoms with Crippen LogP contribution in [0.5, 0.6) is 11.5 Å². The van der Waals surface area contributed by atoms with Gasteiger partial charge in [-0.1, -0.05) is 68.8 Å². The second-order valence-corrected chi connectivity index (χ2v) is 19.3. The van der Waals surface area contributed by atoms with Gasteiger partial charge in [0.15, 0.2) is 0 Å². The minimum absolute atomic E-state index is 0. The van der Waals surface area contributed by atoms with Crippen molar-refractivity contribution in [1.82, 2.24) is 9.55 Å². The number of benzene rings is 5.